The fourth-order valence-electron chi connectivity index (χ4n) is 1.58. The van der Waals surface area contributed by atoms with Crippen molar-refractivity contribution in [1.82, 2.24) is 0 Å². The summed E-state index contributed by atoms with van der Waals surface area (Å²) in [5.74, 6) is 1.41. The largest absolute Gasteiger partial charge is 0.456 e. The van der Waals surface area contributed by atoms with E-state index in [1.165, 1.54) is 0 Å². The molecule has 2 N–H and O–H groups in total. The van der Waals surface area contributed by atoms with Crippen LogP contribution in [0.25, 0.3) is 0 Å². The van der Waals surface area contributed by atoms with Gasteiger partial charge in [-0.2, -0.15) is 0 Å². The molecular formula is C14H13BrClNO. The third-order valence-electron chi connectivity index (χ3n) is 2.47. The van der Waals surface area contributed by atoms with Crippen LogP contribution >= 0.6 is 27.5 Å². The van der Waals surface area contributed by atoms with Crippen LogP contribution in [-0.2, 0) is 6.42 Å². The predicted octanol–water partition coefficient (Wildman–Crippen LogP) is 4.40. The Balaban J connectivity index is 2.16. The maximum Gasteiger partial charge on any atom is 0.146 e. The van der Waals surface area contributed by atoms with E-state index < -0.39 is 0 Å². The Bertz CT molecular complexity index is 528. The summed E-state index contributed by atoms with van der Waals surface area (Å²) in [4.78, 5) is 0. The Labute approximate surface area is 120 Å². The normalized spacial score (nSPS) is 10.4. The van der Waals surface area contributed by atoms with Gasteiger partial charge in [0.2, 0.25) is 0 Å². The molecule has 0 fully saturated rings. The average Bonchev–Trinajstić information content (AvgIpc) is 2.36. The molecule has 0 aromatic heterocycles. The highest BCUT2D eigenvalue weighted by Gasteiger charge is 2.04. The van der Waals surface area contributed by atoms with E-state index >= 15 is 0 Å². The number of hydrogen-bond donors (Lipinski definition) is 1. The van der Waals surface area contributed by atoms with Crippen molar-refractivity contribution in [3.05, 3.63) is 57.5 Å². The fourth-order valence-corrected chi connectivity index (χ4v) is 2.08. The minimum absolute atomic E-state index is 0.601. The molecule has 0 unspecified atom stereocenters. The van der Waals surface area contributed by atoms with Crippen molar-refractivity contribution in [2.45, 2.75) is 6.42 Å². The summed E-state index contributed by atoms with van der Waals surface area (Å²) < 4.78 is 6.73. The Kier molecular flexibility index (Phi) is 4.64. The first kappa shape index (κ1) is 13.4. The quantitative estimate of drug-likeness (QED) is 0.904. The zero-order valence-corrected chi connectivity index (χ0v) is 12.0. The Hall–Kier alpha value is -1.03. The van der Waals surface area contributed by atoms with E-state index in [-0.39, 0.29) is 0 Å². The molecule has 0 aliphatic rings. The van der Waals surface area contributed by atoms with Crippen LogP contribution in [0.1, 0.15) is 5.56 Å². The molecule has 4 heteroatoms. The lowest BCUT2D eigenvalue weighted by Gasteiger charge is -2.09. The lowest BCUT2D eigenvalue weighted by Crippen LogP contribution is -2.02. The van der Waals surface area contributed by atoms with E-state index in [9.17, 15) is 0 Å². The Morgan fingerprint density at radius 1 is 1.11 bits per heavy atom. The van der Waals surface area contributed by atoms with Gasteiger partial charge in [0.15, 0.2) is 0 Å². The van der Waals surface area contributed by atoms with Gasteiger partial charge in [-0.1, -0.05) is 33.6 Å². The zero-order chi connectivity index (χ0) is 13.0. The standard InChI is InChI=1S/C14H13BrClNO/c15-11-2-4-12(5-3-11)18-14-6-1-10(7-8-17)9-13(14)16/h1-6,9H,7-8,17H2. The molecule has 0 saturated heterocycles. The highest BCUT2D eigenvalue weighted by atomic mass is 79.9. The Morgan fingerprint density at radius 3 is 2.44 bits per heavy atom. The molecule has 2 aromatic carbocycles. The first-order valence-electron chi connectivity index (χ1n) is 5.61. The predicted molar refractivity (Wildman–Crippen MR) is 78.4 cm³/mol. The maximum atomic E-state index is 6.17. The van der Waals surface area contributed by atoms with Gasteiger partial charge in [0, 0.05) is 4.47 Å². The highest BCUT2D eigenvalue weighted by molar-refractivity contribution is 9.10. The van der Waals surface area contributed by atoms with Crippen molar-refractivity contribution in [3.8, 4) is 11.5 Å². The molecule has 2 aromatic rings. The summed E-state index contributed by atoms with van der Waals surface area (Å²) in [6.07, 6.45) is 0.818. The molecule has 0 heterocycles. The third kappa shape index (κ3) is 3.48. The molecule has 0 radical (unpaired) electrons. The second-order valence-electron chi connectivity index (χ2n) is 3.86. The molecule has 18 heavy (non-hydrogen) atoms. The van der Waals surface area contributed by atoms with Gasteiger partial charge in [0.1, 0.15) is 11.5 Å². The molecule has 0 spiro atoms. The van der Waals surface area contributed by atoms with E-state index in [0.717, 1.165) is 22.2 Å². The van der Waals surface area contributed by atoms with E-state index in [4.69, 9.17) is 22.1 Å². The van der Waals surface area contributed by atoms with Gasteiger partial charge in [-0.05, 0) is 54.9 Å². The molecule has 0 aliphatic carbocycles. The molecule has 2 rings (SSSR count). The van der Waals surface area contributed by atoms with Crippen LogP contribution in [0.3, 0.4) is 0 Å². The van der Waals surface area contributed by atoms with Crippen LogP contribution in [-0.4, -0.2) is 6.54 Å². The number of ether oxygens (including phenoxy) is 1. The summed E-state index contributed by atoms with van der Waals surface area (Å²) in [5, 5.41) is 0.601. The molecular weight excluding hydrogens is 314 g/mol. The molecule has 0 saturated carbocycles. The maximum absolute atomic E-state index is 6.17. The monoisotopic (exact) mass is 325 g/mol. The second-order valence-corrected chi connectivity index (χ2v) is 5.18. The lowest BCUT2D eigenvalue weighted by atomic mass is 10.1. The van der Waals surface area contributed by atoms with Crippen LogP contribution in [0.15, 0.2) is 46.9 Å². The van der Waals surface area contributed by atoms with Crippen LogP contribution < -0.4 is 10.5 Å². The first-order valence-corrected chi connectivity index (χ1v) is 6.78. The van der Waals surface area contributed by atoms with Crippen molar-refractivity contribution in [2.75, 3.05) is 6.54 Å². The van der Waals surface area contributed by atoms with Crippen molar-refractivity contribution < 1.29 is 4.74 Å². The van der Waals surface area contributed by atoms with Crippen LogP contribution in [0, 0.1) is 0 Å². The minimum Gasteiger partial charge on any atom is -0.456 e. The molecule has 2 nitrogen and oxygen atoms in total. The fraction of sp³-hybridized carbons (Fsp3) is 0.143. The topological polar surface area (TPSA) is 35.2 Å². The minimum atomic E-state index is 0.601. The number of benzene rings is 2. The van der Waals surface area contributed by atoms with Crippen LogP contribution in [0.2, 0.25) is 5.02 Å². The molecule has 0 aliphatic heterocycles. The van der Waals surface area contributed by atoms with Gasteiger partial charge in [-0.15, -0.1) is 0 Å². The van der Waals surface area contributed by atoms with Gasteiger partial charge in [0.05, 0.1) is 5.02 Å². The average molecular weight is 327 g/mol. The molecule has 94 valence electrons. The Morgan fingerprint density at radius 2 is 1.83 bits per heavy atom. The van der Waals surface area contributed by atoms with E-state index in [0.29, 0.717) is 17.3 Å². The van der Waals surface area contributed by atoms with Gasteiger partial charge in [-0.3, -0.25) is 0 Å². The van der Waals surface area contributed by atoms with E-state index in [2.05, 4.69) is 15.9 Å². The van der Waals surface area contributed by atoms with Crippen LogP contribution in [0.5, 0.6) is 11.5 Å². The van der Waals surface area contributed by atoms with Crippen molar-refractivity contribution in [1.29, 1.82) is 0 Å². The smallest absolute Gasteiger partial charge is 0.146 e. The lowest BCUT2D eigenvalue weighted by molar-refractivity contribution is 0.482. The number of nitrogens with two attached hydrogens (primary N) is 1. The molecule has 0 amide bonds. The SMILES string of the molecule is NCCc1ccc(Oc2ccc(Br)cc2)c(Cl)c1. The van der Waals surface area contributed by atoms with E-state index in [1.54, 1.807) is 0 Å². The summed E-state index contributed by atoms with van der Waals surface area (Å²) in [6, 6.07) is 13.4. The van der Waals surface area contributed by atoms with Gasteiger partial charge in [0.25, 0.3) is 0 Å². The number of halogens is 2. The second kappa shape index (κ2) is 6.23. The summed E-state index contributed by atoms with van der Waals surface area (Å²) in [7, 11) is 0. The van der Waals surface area contributed by atoms with Gasteiger partial charge >= 0.3 is 0 Å². The van der Waals surface area contributed by atoms with E-state index in [1.807, 2.05) is 42.5 Å². The molecule has 0 bridgehead atoms. The number of rotatable bonds is 4. The van der Waals surface area contributed by atoms with Crippen molar-refractivity contribution in [3.63, 3.8) is 0 Å². The van der Waals surface area contributed by atoms with Crippen molar-refractivity contribution >= 4 is 27.5 Å². The van der Waals surface area contributed by atoms with Crippen LogP contribution in [0.4, 0.5) is 0 Å². The first-order chi connectivity index (χ1) is 8.69. The van der Waals surface area contributed by atoms with Gasteiger partial charge < -0.3 is 10.5 Å². The van der Waals surface area contributed by atoms with Crippen molar-refractivity contribution in [2.24, 2.45) is 5.73 Å². The third-order valence-corrected chi connectivity index (χ3v) is 3.29. The number of hydrogen-bond acceptors (Lipinski definition) is 2. The van der Waals surface area contributed by atoms with Gasteiger partial charge in [-0.25, -0.2) is 0 Å². The zero-order valence-electron chi connectivity index (χ0n) is 9.70. The summed E-state index contributed by atoms with van der Waals surface area (Å²) >= 11 is 9.55. The molecule has 0 atom stereocenters. The summed E-state index contributed by atoms with van der Waals surface area (Å²) in [5.41, 5.74) is 6.62. The summed E-state index contributed by atoms with van der Waals surface area (Å²) in [6.45, 7) is 0.614. The highest BCUT2D eigenvalue weighted by Crippen LogP contribution is 2.30.